The summed E-state index contributed by atoms with van der Waals surface area (Å²) in [5.74, 6) is -0.645. The maximum atomic E-state index is 14.2. The van der Waals surface area contributed by atoms with E-state index < -0.39 is 6.04 Å². The smallest absolute Gasteiger partial charge is 0.259 e. The summed E-state index contributed by atoms with van der Waals surface area (Å²) in [4.78, 5) is 44.6. The molecule has 6 heteroatoms. The van der Waals surface area contributed by atoms with Crippen LogP contribution in [0, 0.1) is 6.92 Å². The first kappa shape index (κ1) is 27.1. The van der Waals surface area contributed by atoms with Crippen molar-refractivity contribution < 1.29 is 14.4 Å². The van der Waals surface area contributed by atoms with Gasteiger partial charge in [0.05, 0.1) is 5.69 Å². The maximum Gasteiger partial charge on any atom is 0.259 e. The van der Waals surface area contributed by atoms with E-state index in [4.69, 9.17) is 0 Å². The van der Waals surface area contributed by atoms with E-state index in [1.165, 1.54) is 0 Å². The molecule has 204 valence electrons. The number of unbranched alkanes of at least 4 members (excludes halogenated alkanes) is 1. The van der Waals surface area contributed by atoms with E-state index in [-0.39, 0.29) is 30.8 Å². The number of carbonyl (C=O) groups excluding carboxylic acids is 3. The highest BCUT2D eigenvalue weighted by atomic mass is 16.2. The molecule has 5 rings (SSSR count). The first-order valence-electron chi connectivity index (χ1n) is 14.0. The number of nitrogens with zero attached hydrogens (tertiary/aromatic N) is 2. The second-order valence-electron chi connectivity index (χ2n) is 10.4. The average Bonchev–Trinajstić information content (AvgIpc) is 3.24. The SMILES string of the molecule is CCCCNC(=O)C(Cc1ccccc1)N(Cc1ccccc1C)C(=O)CN1C(=O)c2cccc3cccc1c23. The summed E-state index contributed by atoms with van der Waals surface area (Å²) in [6.07, 6.45) is 2.19. The van der Waals surface area contributed by atoms with Crippen molar-refractivity contribution in [1.82, 2.24) is 10.2 Å². The first-order chi connectivity index (χ1) is 19.5. The third-order valence-corrected chi connectivity index (χ3v) is 7.65. The minimum Gasteiger partial charge on any atom is -0.354 e. The van der Waals surface area contributed by atoms with E-state index in [1.54, 1.807) is 9.80 Å². The van der Waals surface area contributed by atoms with Gasteiger partial charge in [-0.3, -0.25) is 19.3 Å². The number of rotatable bonds is 11. The minimum absolute atomic E-state index is 0.147. The lowest BCUT2D eigenvalue weighted by atomic mass is 10.0. The summed E-state index contributed by atoms with van der Waals surface area (Å²) in [7, 11) is 0. The van der Waals surface area contributed by atoms with Gasteiger partial charge in [-0.1, -0.05) is 92.2 Å². The van der Waals surface area contributed by atoms with Gasteiger partial charge in [-0.15, -0.1) is 0 Å². The molecule has 0 aliphatic carbocycles. The number of amides is 3. The molecule has 0 radical (unpaired) electrons. The van der Waals surface area contributed by atoms with Gasteiger partial charge in [-0.05, 0) is 47.6 Å². The average molecular weight is 534 g/mol. The normalized spacial score (nSPS) is 12.9. The molecule has 6 nitrogen and oxygen atoms in total. The van der Waals surface area contributed by atoms with Crippen molar-refractivity contribution in [3.63, 3.8) is 0 Å². The van der Waals surface area contributed by atoms with Crippen molar-refractivity contribution in [1.29, 1.82) is 0 Å². The molecule has 4 aromatic carbocycles. The Morgan fingerprint density at radius 2 is 1.62 bits per heavy atom. The standard InChI is InChI=1S/C34H35N3O3/c1-3-4-20-35-33(39)30(21-25-13-6-5-7-14-25)36(22-27-15-9-8-12-24(27)2)31(38)23-37-29-19-11-17-26-16-10-18-28(32(26)29)34(37)40/h5-19,30H,3-4,20-23H2,1-2H3,(H,35,39). The molecule has 1 N–H and O–H groups in total. The zero-order valence-corrected chi connectivity index (χ0v) is 23.1. The number of carbonyl (C=O) groups is 3. The van der Waals surface area contributed by atoms with Crippen LogP contribution in [0.3, 0.4) is 0 Å². The fourth-order valence-corrected chi connectivity index (χ4v) is 5.39. The van der Waals surface area contributed by atoms with Crippen molar-refractivity contribution in [2.75, 3.05) is 18.0 Å². The number of hydrogen-bond donors (Lipinski definition) is 1. The van der Waals surface area contributed by atoms with E-state index >= 15 is 0 Å². The molecular weight excluding hydrogens is 498 g/mol. The highest BCUT2D eigenvalue weighted by molar-refractivity contribution is 6.26. The quantitative estimate of drug-likeness (QED) is 0.253. The van der Waals surface area contributed by atoms with Crippen LogP contribution in [0.5, 0.6) is 0 Å². The molecular formula is C34H35N3O3. The highest BCUT2D eigenvalue weighted by Crippen LogP contribution is 2.37. The molecule has 1 heterocycles. The van der Waals surface area contributed by atoms with Crippen molar-refractivity contribution in [3.05, 3.63) is 113 Å². The summed E-state index contributed by atoms with van der Waals surface area (Å²) < 4.78 is 0. The van der Waals surface area contributed by atoms with Gasteiger partial charge in [-0.2, -0.15) is 0 Å². The van der Waals surface area contributed by atoms with Crippen molar-refractivity contribution >= 4 is 34.2 Å². The summed E-state index contributed by atoms with van der Waals surface area (Å²) in [6, 6.07) is 28.4. The van der Waals surface area contributed by atoms with Crippen LogP contribution in [0.1, 0.15) is 46.8 Å². The van der Waals surface area contributed by atoms with Crippen LogP contribution in [-0.2, 0) is 22.6 Å². The van der Waals surface area contributed by atoms with Crippen LogP contribution in [0.2, 0.25) is 0 Å². The van der Waals surface area contributed by atoms with Crippen LogP contribution in [0.15, 0.2) is 91.0 Å². The van der Waals surface area contributed by atoms with E-state index in [9.17, 15) is 14.4 Å². The monoisotopic (exact) mass is 533 g/mol. The molecule has 1 aliphatic rings. The summed E-state index contributed by atoms with van der Waals surface area (Å²) >= 11 is 0. The second kappa shape index (κ2) is 12.2. The molecule has 0 aromatic heterocycles. The van der Waals surface area contributed by atoms with E-state index in [0.717, 1.165) is 46.0 Å². The molecule has 4 aromatic rings. The Morgan fingerprint density at radius 1 is 0.900 bits per heavy atom. The number of benzene rings is 4. The molecule has 1 aliphatic heterocycles. The highest BCUT2D eigenvalue weighted by Gasteiger charge is 2.35. The Kier molecular flexibility index (Phi) is 8.25. The molecule has 0 saturated heterocycles. The molecule has 3 amide bonds. The Bertz CT molecular complexity index is 1530. The van der Waals surface area contributed by atoms with Gasteiger partial charge in [0.15, 0.2) is 0 Å². The molecule has 0 fully saturated rings. The van der Waals surface area contributed by atoms with Gasteiger partial charge in [-0.25, -0.2) is 0 Å². The number of anilines is 1. The minimum atomic E-state index is -0.734. The molecule has 1 unspecified atom stereocenters. The summed E-state index contributed by atoms with van der Waals surface area (Å²) in [5.41, 5.74) is 4.31. The van der Waals surface area contributed by atoms with Gasteiger partial charge in [0.25, 0.3) is 5.91 Å². The van der Waals surface area contributed by atoms with Crippen LogP contribution in [0.25, 0.3) is 10.8 Å². The zero-order chi connectivity index (χ0) is 28.1. The molecule has 0 saturated carbocycles. The number of hydrogen-bond acceptors (Lipinski definition) is 3. The third kappa shape index (κ3) is 5.62. The summed E-state index contributed by atoms with van der Waals surface area (Å²) in [5, 5.41) is 4.89. The van der Waals surface area contributed by atoms with E-state index in [0.29, 0.717) is 18.5 Å². The molecule has 40 heavy (non-hydrogen) atoms. The maximum absolute atomic E-state index is 14.2. The van der Waals surface area contributed by atoms with Crippen LogP contribution in [0.4, 0.5) is 5.69 Å². The van der Waals surface area contributed by atoms with Crippen molar-refractivity contribution in [2.45, 2.75) is 45.7 Å². The number of nitrogens with one attached hydrogen (secondary N) is 1. The third-order valence-electron chi connectivity index (χ3n) is 7.65. The van der Waals surface area contributed by atoms with Crippen LogP contribution < -0.4 is 10.2 Å². The molecule has 1 atom stereocenters. The van der Waals surface area contributed by atoms with Crippen molar-refractivity contribution in [2.24, 2.45) is 0 Å². The lowest BCUT2D eigenvalue weighted by Gasteiger charge is -2.33. The van der Waals surface area contributed by atoms with Crippen LogP contribution >= 0.6 is 0 Å². The van der Waals surface area contributed by atoms with Gasteiger partial charge in [0.1, 0.15) is 12.6 Å². The van der Waals surface area contributed by atoms with Crippen LogP contribution in [-0.4, -0.2) is 41.8 Å². The predicted molar refractivity (Wildman–Crippen MR) is 159 cm³/mol. The van der Waals surface area contributed by atoms with E-state index in [1.807, 2.05) is 97.9 Å². The Morgan fingerprint density at radius 3 is 2.38 bits per heavy atom. The Labute approximate surface area is 235 Å². The van der Waals surface area contributed by atoms with Gasteiger partial charge >= 0.3 is 0 Å². The van der Waals surface area contributed by atoms with Gasteiger partial charge in [0, 0.05) is 30.5 Å². The predicted octanol–water partition coefficient (Wildman–Crippen LogP) is 5.66. The van der Waals surface area contributed by atoms with Gasteiger partial charge < -0.3 is 10.2 Å². The first-order valence-corrected chi connectivity index (χ1v) is 14.0. The second-order valence-corrected chi connectivity index (χ2v) is 10.4. The number of aryl methyl sites for hydroxylation is 1. The fourth-order valence-electron chi connectivity index (χ4n) is 5.39. The van der Waals surface area contributed by atoms with Crippen molar-refractivity contribution in [3.8, 4) is 0 Å². The lowest BCUT2D eigenvalue weighted by molar-refractivity contribution is -0.140. The summed E-state index contributed by atoms with van der Waals surface area (Å²) in [6.45, 7) is 4.75. The van der Waals surface area contributed by atoms with E-state index in [2.05, 4.69) is 12.2 Å². The lowest BCUT2D eigenvalue weighted by Crippen LogP contribution is -2.53. The van der Waals surface area contributed by atoms with Gasteiger partial charge in [0.2, 0.25) is 11.8 Å². The topological polar surface area (TPSA) is 69.7 Å². The largest absolute Gasteiger partial charge is 0.354 e. The Hall–Kier alpha value is -4.45. The molecule has 0 spiro atoms. The fraction of sp³-hybridized carbons (Fsp3) is 0.265. The molecule has 0 bridgehead atoms. The zero-order valence-electron chi connectivity index (χ0n) is 23.1. The Balaban J connectivity index is 1.50.